The molecule has 4 rings (SSSR count). The molecular weight excluding hydrogens is 369 g/mol. The topological polar surface area (TPSA) is 70.6 Å². The van der Waals surface area contributed by atoms with E-state index in [2.05, 4.69) is 4.98 Å². The first-order chi connectivity index (χ1) is 12.6. The summed E-state index contributed by atoms with van der Waals surface area (Å²) in [6.45, 7) is 5.94. The van der Waals surface area contributed by atoms with E-state index in [1.807, 2.05) is 19.9 Å². The lowest BCUT2D eigenvalue weighted by Gasteiger charge is -2.44. The van der Waals surface area contributed by atoms with E-state index in [1.54, 1.807) is 18.0 Å². The van der Waals surface area contributed by atoms with E-state index < -0.39 is 21.4 Å². The summed E-state index contributed by atoms with van der Waals surface area (Å²) in [7, 11) is -3.80. The maximum absolute atomic E-state index is 13.4. The van der Waals surface area contributed by atoms with Gasteiger partial charge in [0.05, 0.1) is 16.0 Å². The van der Waals surface area contributed by atoms with Gasteiger partial charge in [-0.3, -0.25) is 9.78 Å². The fraction of sp³-hybridized carbons (Fsp3) is 0.368. The Morgan fingerprint density at radius 3 is 2.63 bits per heavy atom. The summed E-state index contributed by atoms with van der Waals surface area (Å²) in [6.07, 6.45) is 1.57. The van der Waals surface area contributed by atoms with E-state index in [0.717, 1.165) is 17.3 Å². The van der Waals surface area contributed by atoms with Crippen LogP contribution in [0.4, 0.5) is 4.39 Å². The van der Waals surface area contributed by atoms with Crippen LogP contribution in [0.1, 0.15) is 34.1 Å². The highest BCUT2D eigenvalue weighted by atomic mass is 32.2. The third-order valence-corrected chi connectivity index (χ3v) is 7.51. The molecule has 1 fully saturated rings. The second-order valence-electron chi connectivity index (χ2n) is 7.35. The summed E-state index contributed by atoms with van der Waals surface area (Å²) in [4.78, 5) is 18.8. The van der Waals surface area contributed by atoms with Crippen LogP contribution >= 0.6 is 0 Å². The van der Waals surface area contributed by atoms with Crippen LogP contribution < -0.4 is 0 Å². The fourth-order valence-corrected chi connectivity index (χ4v) is 5.82. The Morgan fingerprint density at radius 2 is 1.93 bits per heavy atom. The van der Waals surface area contributed by atoms with Crippen LogP contribution in [-0.4, -0.2) is 48.1 Å². The molecule has 1 amide bonds. The molecule has 0 radical (unpaired) electrons. The second kappa shape index (κ2) is 5.84. The molecular formula is C19H20FN3O3S. The molecule has 2 aromatic rings. The first-order valence-electron chi connectivity index (χ1n) is 8.70. The van der Waals surface area contributed by atoms with E-state index >= 15 is 0 Å². The van der Waals surface area contributed by atoms with E-state index in [1.165, 1.54) is 16.4 Å². The Balaban J connectivity index is 1.76. The molecule has 2 aliphatic heterocycles. The van der Waals surface area contributed by atoms with Gasteiger partial charge in [-0.15, -0.1) is 0 Å². The molecule has 0 saturated carbocycles. The first kappa shape index (κ1) is 18.1. The lowest BCUT2D eigenvalue weighted by atomic mass is 9.90. The van der Waals surface area contributed by atoms with Crippen molar-refractivity contribution in [2.75, 3.05) is 19.6 Å². The SMILES string of the molecule is Cc1cc2c(cn1)C(=O)N1CCN(S(=O)(=O)c3ccc(F)cc3C)CC21C. The Hall–Kier alpha value is -2.32. The first-order valence-corrected chi connectivity index (χ1v) is 10.1. The van der Waals surface area contributed by atoms with Gasteiger partial charge in [-0.05, 0) is 56.2 Å². The van der Waals surface area contributed by atoms with Crippen molar-refractivity contribution in [3.8, 4) is 0 Å². The van der Waals surface area contributed by atoms with Gasteiger partial charge in [0.15, 0.2) is 0 Å². The quantitative estimate of drug-likeness (QED) is 0.790. The number of pyridine rings is 1. The van der Waals surface area contributed by atoms with E-state index in [0.29, 0.717) is 17.7 Å². The fourth-order valence-electron chi connectivity index (χ4n) is 4.09. The number of halogens is 1. The molecule has 0 bridgehead atoms. The number of carbonyl (C=O) groups excluding carboxylic acids is 1. The third kappa shape index (κ3) is 2.58. The molecule has 1 aromatic carbocycles. The molecule has 27 heavy (non-hydrogen) atoms. The summed E-state index contributed by atoms with van der Waals surface area (Å²) in [5.74, 6) is -0.587. The van der Waals surface area contributed by atoms with Gasteiger partial charge >= 0.3 is 0 Å². The predicted molar refractivity (Wildman–Crippen MR) is 97.3 cm³/mol. The molecule has 0 aliphatic carbocycles. The number of piperazine rings is 1. The van der Waals surface area contributed by atoms with Crippen LogP contribution in [0.15, 0.2) is 35.4 Å². The zero-order valence-corrected chi connectivity index (χ0v) is 16.2. The minimum absolute atomic E-state index is 0.0939. The summed E-state index contributed by atoms with van der Waals surface area (Å²) in [6, 6.07) is 5.53. The molecule has 142 valence electrons. The van der Waals surface area contributed by atoms with Gasteiger partial charge in [0.2, 0.25) is 10.0 Å². The van der Waals surface area contributed by atoms with Gasteiger partial charge in [-0.1, -0.05) is 0 Å². The maximum Gasteiger partial charge on any atom is 0.256 e. The zero-order valence-electron chi connectivity index (χ0n) is 15.4. The number of nitrogens with zero attached hydrogens (tertiary/aromatic N) is 3. The van der Waals surface area contributed by atoms with Crippen LogP contribution in [-0.2, 0) is 15.6 Å². The molecule has 0 spiro atoms. The average molecular weight is 389 g/mol. The van der Waals surface area contributed by atoms with E-state index in [-0.39, 0.29) is 23.9 Å². The molecule has 1 unspecified atom stereocenters. The Kier molecular flexibility index (Phi) is 3.91. The number of benzene rings is 1. The molecule has 1 aromatic heterocycles. The number of fused-ring (bicyclic) bond motifs is 3. The summed E-state index contributed by atoms with van der Waals surface area (Å²) >= 11 is 0. The van der Waals surface area contributed by atoms with Crippen molar-refractivity contribution in [3.63, 3.8) is 0 Å². The van der Waals surface area contributed by atoms with Crippen molar-refractivity contribution >= 4 is 15.9 Å². The molecule has 2 aliphatic rings. The number of hydrogen-bond donors (Lipinski definition) is 0. The molecule has 0 N–H and O–H groups in total. The zero-order chi connectivity index (χ0) is 19.6. The monoisotopic (exact) mass is 389 g/mol. The van der Waals surface area contributed by atoms with Crippen molar-refractivity contribution < 1.29 is 17.6 Å². The van der Waals surface area contributed by atoms with Crippen molar-refractivity contribution in [2.45, 2.75) is 31.2 Å². The van der Waals surface area contributed by atoms with Gasteiger partial charge in [-0.25, -0.2) is 12.8 Å². The lowest BCUT2D eigenvalue weighted by molar-refractivity contribution is 0.0376. The number of rotatable bonds is 2. The summed E-state index contributed by atoms with van der Waals surface area (Å²) < 4.78 is 41.2. The number of hydrogen-bond acceptors (Lipinski definition) is 4. The van der Waals surface area contributed by atoms with E-state index in [4.69, 9.17) is 0 Å². The lowest BCUT2D eigenvalue weighted by Crippen LogP contribution is -2.58. The van der Waals surface area contributed by atoms with Crippen LogP contribution in [0.5, 0.6) is 0 Å². The Morgan fingerprint density at radius 1 is 1.19 bits per heavy atom. The number of sulfonamides is 1. The summed E-state index contributed by atoms with van der Waals surface area (Å²) in [5, 5.41) is 0. The minimum atomic E-state index is -3.80. The van der Waals surface area contributed by atoms with Crippen molar-refractivity contribution in [3.05, 3.63) is 58.7 Å². The van der Waals surface area contributed by atoms with Gasteiger partial charge < -0.3 is 4.90 Å². The van der Waals surface area contributed by atoms with Crippen molar-refractivity contribution in [2.24, 2.45) is 0 Å². The molecule has 1 saturated heterocycles. The number of carbonyl (C=O) groups is 1. The standard InChI is InChI=1S/C19H20FN3O3S/c1-12-8-14(20)4-5-17(12)27(25,26)22-6-7-23-18(24)15-10-21-13(2)9-16(15)19(23,3)11-22/h4-5,8-10H,6-7,11H2,1-3H3. The molecule has 3 heterocycles. The van der Waals surface area contributed by atoms with Gasteiger partial charge in [-0.2, -0.15) is 4.31 Å². The van der Waals surface area contributed by atoms with Crippen LogP contribution in [0.2, 0.25) is 0 Å². The average Bonchev–Trinajstić information content (AvgIpc) is 2.81. The largest absolute Gasteiger partial charge is 0.326 e. The summed E-state index contributed by atoms with van der Waals surface area (Å²) in [5.41, 5.74) is 1.72. The maximum atomic E-state index is 13.4. The normalized spacial score (nSPS) is 22.7. The van der Waals surface area contributed by atoms with Gasteiger partial charge in [0, 0.05) is 31.5 Å². The highest BCUT2D eigenvalue weighted by molar-refractivity contribution is 7.89. The smallest absolute Gasteiger partial charge is 0.256 e. The van der Waals surface area contributed by atoms with E-state index in [9.17, 15) is 17.6 Å². The Bertz CT molecular complexity index is 1070. The van der Waals surface area contributed by atoms with Crippen LogP contribution in [0.25, 0.3) is 0 Å². The van der Waals surface area contributed by atoms with Crippen molar-refractivity contribution in [1.82, 2.24) is 14.2 Å². The van der Waals surface area contributed by atoms with Crippen LogP contribution in [0, 0.1) is 19.7 Å². The second-order valence-corrected chi connectivity index (χ2v) is 9.26. The predicted octanol–water partition coefficient (Wildman–Crippen LogP) is 2.21. The molecule has 6 nitrogen and oxygen atoms in total. The van der Waals surface area contributed by atoms with Gasteiger partial charge in [0.1, 0.15) is 5.82 Å². The van der Waals surface area contributed by atoms with Crippen LogP contribution in [0.3, 0.4) is 0 Å². The Labute approximate surface area is 157 Å². The third-order valence-electron chi connectivity index (χ3n) is 5.50. The van der Waals surface area contributed by atoms with Crippen molar-refractivity contribution in [1.29, 1.82) is 0 Å². The minimum Gasteiger partial charge on any atom is -0.326 e. The van der Waals surface area contributed by atoms with Gasteiger partial charge in [0.25, 0.3) is 5.91 Å². The highest BCUT2D eigenvalue weighted by Crippen LogP contribution is 2.42. The highest BCUT2D eigenvalue weighted by Gasteiger charge is 2.51. The molecule has 1 atom stereocenters. The number of amides is 1. The molecule has 8 heteroatoms. The number of aromatic nitrogens is 1. The number of aryl methyl sites for hydroxylation is 2.